The van der Waals surface area contributed by atoms with Crippen LogP contribution in [0.4, 0.5) is 5.95 Å². The molecule has 24 heavy (non-hydrogen) atoms. The summed E-state index contributed by atoms with van der Waals surface area (Å²) >= 11 is 0. The average Bonchev–Trinajstić information content (AvgIpc) is 3.15. The number of ether oxygens (including phenoxy) is 1. The second-order valence-corrected chi connectivity index (χ2v) is 6.11. The highest BCUT2D eigenvalue weighted by atomic mass is 16.5. The Morgan fingerprint density at radius 3 is 3.00 bits per heavy atom. The number of hydrogen-bond donors (Lipinski definition) is 1. The first-order chi connectivity index (χ1) is 11.8. The normalized spacial score (nSPS) is 20.3. The number of amides is 1. The van der Waals surface area contributed by atoms with Crippen molar-refractivity contribution in [1.82, 2.24) is 20.1 Å². The summed E-state index contributed by atoms with van der Waals surface area (Å²) in [7, 11) is 0. The van der Waals surface area contributed by atoms with Crippen molar-refractivity contribution >= 4 is 11.9 Å². The Labute approximate surface area is 140 Å². The summed E-state index contributed by atoms with van der Waals surface area (Å²) in [4.78, 5) is 13.7. The van der Waals surface area contributed by atoms with Crippen LogP contribution in [0.15, 0.2) is 24.3 Å². The first-order valence-electron chi connectivity index (χ1n) is 8.45. The lowest BCUT2D eigenvalue weighted by Gasteiger charge is -2.21. The molecule has 1 N–H and O–H groups in total. The van der Waals surface area contributed by atoms with E-state index in [1.807, 2.05) is 18.2 Å². The van der Waals surface area contributed by atoms with Gasteiger partial charge >= 0.3 is 0 Å². The third kappa shape index (κ3) is 2.60. The Morgan fingerprint density at radius 2 is 2.17 bits per heavy atom. The zero-order chi connectivity index (χ0) is 16.5. The molecule has 2 aliphatic heterocycles. The van der Waals surface area contributed by atoms with Crippen LogP contribution >= 0.6 is 0 Å². The van der Waals surface area contributed by atoms with Gasteiger partial charge in [0.2, 0.25) is 11.9 Å². The molecule has 4 rings (SSSR count). The fraction of sp³-hybridized carbons (Fsp3) is 0.471. The number of aromatic nitrogens is 3. The number of fused-ring (bicyclic) bond motifs is 1. The zero-order valence-corrected chi connectivity index (χ0v) is 13.7. The molecule has 0 saturated carbocycles. The number of anilines is 1. The van der Waals surface area contributed by atoms with E-state index in [4.69, 9.17) is 4.74 Å². The summed E-state index contributed by atoms with van der Waals surface area (Å²) in [5.74, 6) is 2.70. The molecule has 1 fully saturated rings. The minimum Gasteiger partial charge on any atom is -0.482 e. The number of para-hydroxylation sites is 1. The molecule has 3 heterocycles. The van der Waals surface area contributed by atoms with Gasteiger partial charge in [0, 0.05) is 39.0 Å². The molecule has 1 aromatic carbocycles. The van der Waals surface area contributed by atoms with E-state index in [9.17, 15) is 4.79 Å². The van der Waals surface area contributed by atoms with Crippen LogP contribution in [0.5, 0.6) is 5.75 Å². The molecule has 126 valence electrons. The zero-order valence-electron chi connectivity index (χ0n) is 13.7. The van der Waals surface area contributed by atoms with Crippen LogP contribution in [0.3, 0.4) is 0 Å². The standard InChI is InChI=1S/C17H21N5O2/c1-2-22-16(14-11-12-5-3-4-6-13(12)24-14)19-20-17(22)21-9-7-15(23)18-8-10-21/h3-6,14H,2,7-11H2,1H3,(H,18,23). The Hall–Kier alpha value is -2.57. The van der Waals surface area contributed by atoms with Crippen molar-refractivity contribution in [3.63, 3.8) is 0 Å². The second-order valence-electron chi connectivity index (χ2n) is 6.11. The Morgan fingerprint density at radius 1 is 1.29 bits per heavy atom. The van der Waals surface area contributed by atoms with Gasteiger partial charge in [0.05, 0.1) is 0 Å². The topological polar surface area (TPSA) is 72.3 Å². The molecule has 2 aliphatic rings. The van der Waals surface area contributed by atoms with Crippen LogP contribution in [0.2, 0.25) is 0 Å². The summed E-state index contributed by atoms with van der Waals surface area (Å²) in [5.41, 5.74) is 1.21. The summed E-state index contributed by atoms with van der Waals surface area (Å²) in [6.07, 6.45) is 1.20. The smallest absolute Gasteiger partial charge is 0.227 e. The van der Waals surface area contributed by atoms with Crippen molar-refractivity contribution in [2.45, 2.75) is 32.4 Å². The highest BCUT2D eigenvalue weighted by Crippen LogP contribution is 2.36. The molecule has 1 unspecified atom stereocenters. The quantitative estimate of drug-likeness (QED) is 0.920. The fourth-order valence-corrected chi connectivity index (χ4v) is 3.38. The van der Waals surface area contributed by atoms with E-state index in [1.54, 1.807) is 0 Å². The molecule has 7 nitrogen and oxygen atoms in total. The number of carbonyl (C=O) groups excluding carboxylic acids is 1. The maximum Gasteiger partial charge on any atom is 0.227 e. The Kier molecular flexibility index (Phi) is 3.84. The van der Waals surface area contributed by atoms with Crippen molar-refractivity contribution in [2.24, 2.45) is 0 Å². The van der Waals surface area contributed by atoms with Crippen molar-refractivity contribution < 1.29 is 9.53 Å². The summed E-state index contributed by atoms with van der Waals surface area (Å²) in [5, 5.41) is 11.7. The van der Waals surface area contributed by atoms with Gasteiger partial charge in [-0.1, -0.05) is 18.2 Å². The molecule has 1 aromatic heterocycles. The van der Waals surface area contributed by atoms with Gasteiger partial charge in [-0.15, -0.1) is 10.2 Å². The molecule has 1 saturated heterocycles. The number of carbonyl (C=O) groups is 1. The largest absolute Gasteiger partial charge is 0.482 e. The molecule has 0 radical (unpaired) electrons. The molecule has 0 bridgehead atoms. The third-order valence-electron chi connectivity index (χ3n) is 4.61. The van der Waals surface area contributed by atoms with Crippen LogP contribution in [-0.4, -0.2) is 40.3 Å². The lowest BCUT2D eigenvalue weighted by atomic mass is 10.1. The Balaban J connectivity index is 1.60. The van der Waals surface area contributed by atoms with E-state index < -0.39 is 0 Å². The van der Waals surface area contributed by atoms with Crippen LogP contribution in [0, 0.1) is 0 Å². The number of rotatable bonds is 3. The second kappa shape index (κ2) is 6.14. The number of benzene rings is 1. The number of nitrogens with one attached hydrogen (secondary N) is 1. The lowest BCUT2D eigenvalue weighted by Crippen LogP contribution is -2.31. The van der Waals surface area contributed by atoms with Gasteiger partial charge in [-0.2, -0.15) is 0 Å². The van der Waals surface area contributed by atoms with Crippen LogP contribution < -0.4 is 15.0 Å². The Bertz CT molecular complexity index is 732. The number of nitrogens with zero attached hydrogens (tertiary/aromatic N) is 4. The van der Waals surface area contributed by atoms with Crippen molar-refractivity contribution in [1.29, 1.82) is 0 Å². The van der Waals surface area contributed by atoms with Crippen LogP contribution in [0.1, 0.15) is 30.8 Å². The van der Waals surface area contributed by atoms with Gasteiger partial charge in [-0.05, 0) is 18.6 Å². The molecule has 0 spiro atoms. The minimum atomic E-state index is -0.102. The van der Waals surface area contributed by atoms with Gasteiger partial charge in [0.15, 0.2) is 11.9 Å². The molecular formula is C17H21N5O2. The van der Waals surface area contributed by atoms with E-state index in [1.165, 1.54) is 5.56 Å². The van der Waals surface area contributed by atoms with E-state index in [2.05, 4.69) is 38.0 Å². The van der Waals surface area contributed by atoms with E-state index in [0.717, 1.165) is 37.0 Å². The van der Waals surface area contributed by atoms with E-state index in [0.29, 0.717) is 19.5 Å². The van der Waals surface area contributed by atoms with Gasteiger partial charge in [-0.3, -0.25) is 9.36 Å². The molecule has 1 amide bonds. The lowest BCUT2D eigenvalue weighted by molar-refractivity contribution is -0.120. The summed E-state index contributed by atoms with van der Waals surface area (Å²) in [6, 6.07) is 8.10. The fourth-order valence-electron chi connectivity index (χ4n) is 3.38. The van der Waals surface area contributed by atoms with Gasteiger partial charge in [-0.25, -0.2) is 0 Å². The van der Waals surface area contributed by atoms with E-state index >= 15 is 0 Å². The highest BCUT2D eigenvalue weighted by Gasteiger charge is 2.30. The molecule has 2 aromatic rings. The minimum absolute atomic E-state index is 0.0925. The molecule has 7 heteroatoms. The van der Waals surface area contributed by atoms with Gasteiger partial charge < -0.3 is 15.0 Å². The summed E-state index contributed by atoms with van der Waals surface area (Å²) < 4.78 is 8.17. The molecular weight excluding hydrogens is 306 g/mol. The maximum atomic E-state index is 11.6. The maximum absolute atomic E-state index is 11.6. The SMILES string of the molecule is CCn1c(C2Cc3ccccc3O2)nnc1N1CCNC(=O)CC1. The first-order valence-corrected chi connectivity index (χ1v) is 8.45. The highest BCUT2D eigenvalue weighted by molar-refractivity contribution is 5.77. The monoisotopic (exact) mass is 327 g/mol. The van der Waals surface area contributed by atoms with Crippen LogP contribution in [0.25, 0.3) is 0 Å². The molecule has 0 aliphatic carbocycles. The van der Waals surface area contributed by atoms with Crippen LogP contribution in [-0.2, 0) is 17.8 Å². The molecule has 1 atom stereocenters. The average molecular weight is 327 g/mol. The first kappa shape index (κ1) is 15.0. The predicted octanol–water partition coefficient (Wildman–Crippen LogP) is 1.30. The van der Waals surface area contributed by atoms with Gasteiger partial charge in [0.1, 0.15) is 5.75 Å². The van der Waals surface area contributed by atoms with Crippen molar-refractivity contribution in [2.75, 3.05) is 24.5 Å². The van der Waals surface area contributed by atoms with Crippen molar-refractivity contribution in [3.8, 4) is 5.75 Å². The van der Waals surface area contributed by atoms with E-state index in [-0.39, 0.29) is 12.0 Å². The summed E-state index contributed by atoms with van der Waals surface area (Å²) in [6.45, 7) is 4.90. The predicted molar refractivity (Wildman–Crippen MR) is 89.1 cm³/mol. The third-order valence-corrected chi connectivity index (χ3v) is 4.61. The van der Waals surface area contributed by atoms with Gasteiger partial charge in [0.25, 0.3) is 0 Å². The number of hydrogen-bond acceptors (Lipinski definition) is 5. The van der Waals surface area contributed by atoms with Crippen molar-refractivity contribution in [3.05, 3.63) is 35.7 Å².